The minimum atomic E-state index is -1.36. The van der Waals surface area contributed by atoms with Crippen LogP contribution in [0.25, 0.3) is 11.1 Å². The van der Waals surface area contributed by atoms with Gasteiger partial charge in [-0.2, -0.15) is 0 Å². The summed E-state index contributed by atoms with van der Waals surface area (Å²) in [4.78, 5) is 42.0. The molecule has 0 bridgehead atoms. The summed E-state index contributed by atoms with van der Waals surface area (Å²) in [7, 11) is 0. The standard InChI is InChI=1S/C31H36N2O6/c1-18(2)13-24(28-26(34)14-31(3,4)15-27(28)35)32-16-25(29(36)37)33-30(38)39-17-23-21-11-7-5-9-19(21)20-10-6-8-12-22(20)23/h5-12,18,23,25,34H,13-17H2,1-4H3,(H,33,38)(H,36,37). The average Bonchev–Trinajstić information content (AvgIpc) is 3.17. The molecule has 206 valence electrons. The highest BCUT2D eigenvalue weighted by molar-refractivity contribution is 6.23. The van der Waals surface area contributed by atoms with Gasteiger partial charge in [-0.1, -0.05) is 76.2 Å². The highest BCUT2D eigenvalue weighted by Gasteiger charge is 2.35. The van der Waals surface area contributed by atoms with Gasteiger partial charge in [-0.25, -0.2) is 9.59 Å². The summed E-state index contributed by atoms with van der Waals surface area (Å²) in [6.07, 6.45) is 0.139. The van der Waals surface area contributed by atoms with Gasteiger partial charge in [-0.05, 0) is 40.0 Å². The minimum Gasteiger partial charge on any atom is -0.511 e. The molecule has 8 nitrogen and oxygen atoms in total. The highest BCUT2D eigenvalue weighted by atomic mass is 16.5. The zero-order valence-corrected chi connectivity index (χ0v) is 22.9. The van der Waals surface area contributed by atoms with Crippen LogP contribution in [0, 0.1) is 11.3 Å². The fraction of sp³-hybridized carbons (Fsp3) is 0.419. The Hall–Kier alpha value is -3.94. The predicted octanol–water partition coefficient (Wildman–Crippen LogP) is 5.67. The molecule has 3 N–H and O–H groups in total. The Labute approximate surface area is 228 Å². The van der Waals surface area contributed by atoms with Crippen molar-refractivity contribution >= 4 is 23.6 Å². The molecule has 0 aromatic heterocycles. The molecule has 0 heterocycles. The van der Waals surface area contributed by atoms with Gasteiger partial charge >= 0.3 is 12.1 Å². The molecular formula is C31H36N2O6. The van der Waals surface area contributed by atoms with Crippen molar-refractivity contribution in [2.75, 3.05) is 13.2 Å². The maximum absolute atomic E-state index is 12.9. The van der Waals surface area contributed by atoms with Crippen molar-refractivity contribution in [3.63, 3.8) is 0 Å². The second-order valence-electron chi connectivity index (χ2n) is 11.5. The van der Waals surface area contributed by atoms with Gasteiger partial charge in [0.15, 0.2) is 5.78 Å². The third-order valence-corrected chi connectivity index (χ3v) is 7.14. The topological polar surface area (TPSA) is 125 Å². The molecule has 4 rings (SSSR count). The molecule has 1 amide bonds. The van der Waals surface area contributed by atoms with Crippen molar-refractivity contribution in [2.24, 2.45) is 16.3 Å². The number of allylic oxidation sites excluding steroid dienone is 2. The van der Waals surface area contributed by atoms with Gasteiger partial charge in [-0.15, -0.1) is 0 Å². The van der Waals surface area contributed by atoms with E-state index in [2.05, 4.69) is 10.3 Å². The molecule has 2 aliphatic rings. The number of aliphatic imine (C=N–C) groups is 1. The summed E-state index contributed by atoms with van der Waals surface area (Å²) in [6.45, 7) is 7.49. The second kappa shape index (κ2) is 11.4. The van der Waals surface area contributed by atoms with Crippen molar-refractivity contribution in [2.45, 2.75) is 58.9 Å². The van der Waals surface area contributed by atoms with Gasteiger partial charge in [0.05, 0.1) is 12.1 Å². The van der Waals surface area contributed by atoms with Crippen LogP contribution >= 0.6 is 0 Å². The molecule has 39 heavy (non-hydrogen) atoms. The number of nitrogens with zero attached hydrogens (tertiary/aromatic N) is 1. The summed E-state index contributed by atoms with van der Waals surface area (Å²) < 4.78 is 5.50. The highest BCUT2D eigenvalue weighted by Crippen LogP contribution is 2.44. The van der Waals surface area contributed by atoms with E-state index in [0.29, 0.717) is 18.6 Å². The van der Waals surface area contributed by atoms with E-state index in [0.717, 1.165) is 22.3 Å². The molecule has 8 heteroatoms. The van der Waals surface area contributed by atoms with Crippen molar-refractivity contribution in [1.82, 2.24) is 5.32 Å². The quantitative estimate of drug-likeness (QED) is 0.358. The number of alkyl carbamates (subject to hydrolysis) is 1. The Kier molecular flexibility index (Phi) is 8.23. The van der Waals surface area contributed by atoms with E-state index in [1.54, 1.807) is 0 Å². The van der Waals surface area contributed by atoms with E-state index < -0.39 is 18.1 Å². The summed E-state index contributed by atoms with van der Waals surface area (Å²) in [5, 5.41) is 22.8. The molecule has 2 aromatic rings. The zero-order chi connectivity index (χ0) is 28.3. The Bertz CT molecular complexity index is 1290. The summed E-state index contributed by atoms with van der Waals surface area (Å²) in [5.74, 6) is -1.54. The first kappa shape index (κ1) is 28.1. The largest absolute Gasteiger partial charge is 0.511 e. The number of rotatable bonds is 9. The van der Waals surface area contributed by atoms with Crippen LogP contribution in [0.1, 0.15) is 64.0 Å². The first-order valence-electron chi connectivity index (χ1n) is 13.3. The van der Waals surface area contributed by atoms with Crippen LogP contribution < -0.4 is 5.32 Å². The number of carboxylic acid groups (broad SMARTS) is 1. The number of aliphatic carboxylic acids is 1. The molecular weight excluding hydrogens is 496 g/mol. The van der Waals surface area contributed by atoms with Crippen molar-refractivity contribution in [3.05, 3.63) is 71.0 Å². The number of aliphatic hydroxyl groups excluding tert-OH is 1. The number of carbonyl (C=O) groups is 3. The van der Waals surface area contributed by atoms with E-state index in [1.165, 1.54) is 0 Å². The van der Waals surface area contributed by atoms with Crippen molar-refractivity contribution < 1.29 is 29.3 Å². The first-order valence-corrected chi connectivity index (χ1v) is 13.3. The van der Waals surface area contributed by atoms with Crippen molar-refractivity contribution in [3.8, 4) is 11.1 Å². The predicted molar refractivity (Wildman–Crippen MR) is 149 cm³/mol. The average molecular weight is 533 g/mol. The third kappa shape index (κ3) is 6.38. The Morgan fingerprint density at radius 1 is 1.05 bits per heavy atom. The molecule has 2 aliphatic carbocycles. The van der Waals surface area contributed by atoms with E-state index >= 15 is 0 Å². The number of fused-ring (bicyclic) bond motifs is 3. The smallest absolute Gasteiger partial charge is 0.407 e. The van der Waals surface area contributed by atoms with Crippen LogP contribution in [0.15, 0.2) is 64.9 Å². The molecule has 0 saturated heterocycles. The lowest BCUT2D eigenvalue weighted by Gasteiger charge is -2.30. The molecule has 1 unspecified atom stereocenters. The zero-order valence-electron chi connectivity index (χ0n) is 22.9. The van der Waals surface area contributed by atoms with Crippen LogP contribution in [-0.2, 0) is 14.3 Å². The van der Waals surface area contributed by atoms with Gasteiger partial charge in [0.25, 0.3) is 0 Å². The van der Waals surface area contributed by atoms with E-state index in [-0.39, 0.29) is 53.9 Å². The maximum Gasteiger partial charge on any atom is 0.407 e. The number of ether oxygens (including phenoxy) is 1. The Balaban J connectivity index is 1.46. The van der Waals surface area contributed by atoms with Crippen LogP contribution in [0.5, 0.6) is 0 Å². The lowest BCUT2D eigenvalue weighted by atomic mass is 9.75. The molecule has 0 saturated carbocycles. The molecule has 1 atom stereocenters. The molecule has 0 fully saturated rings. The van der Waals surface area contributed by atoms with Gasteiger partial charge in [0, 0.05) is 24.5 Å². The third-order valence-electron chi connectivity index (χ3n) is 7.14. The van der Waals surface area contributed by atoms with E-state index in [1.807, 2.05) is 76.2 Å². The monoisotopic (exact) mass is 532 g/mol. The van der Waals surface area contributed by atoms with E-state index in [4.69, 9.17) is 4.74 Å². The lowest BCUT2D eigenvalue weighted by Crippen LogP contribution is -2.43. The number of carboxylic acids is 1. The van der Waals surface area contributed by atoms with E-state index in [9.17, 15) is 24.6 Å². The number of hydrogen-bond acceptors (Lipinski definition) is 6. The minimum absolute atomic E-state index is 0.0213. The molecule has 0 spiro atoms. The lowest BCUT2D eigenvalue weighted by molar-refractivity contribution is -0.139. The molecule has 0 radical (unpaired) electrons. The van der Waals surface area contributed by atoms with Gasteiger partial charge in [-0.3, -0.25) is 9.79 Å². The van der Waals surface area contributed by atoms with Gasteiger partial charge in [0.1, 0.15) is 18.4 Å². The summed E-state index contributed by atoms with van der Waals surface area (Å²) in [5.41, 5.74) is 4.47. The van der Waals surface area contributed by atoms with Crippen molar-refractivity contribution in [1.29, 1.82) is 0 Å². The van der Waals surface area contributed by atoms with Crippen LogP contribution in [0.2, 0.25) is 0 Å². The fourth-order valence-electron chi connectivity index (χ4n) is 5.42. The normalized spacial score (nSPS) is 17.6. The fourth-order valence-corrected chi connectivity index (χ4v) is 5.42. The summed E-state index contributed by atoms with van der Waals surface area (Å²) in [6, 6.07) is 14.5. The molecule has 0 aliphatic heterocycles. The maximum atomic E-state index is 12.9. The number of carbonyl (C=O) groups excluding carboxylic acids is 2. The number of hydrogen-bond donors (Lipinski definition) is 3. The number of nitrogens with one attached hydrogen (secondary N) is 1. The SMILES string of the molecule is CC(C)CC(=NCC(NC(=O)OCC1c2ccccc2-c2ccccc21)C(=O)O)C1=C(O)CC(C)(C)CC1=O. The van der Waals surface area contributed by atoms with Crippen LogP contribution in [0.4, 0.5) is 4.79 Å². The molecule has 2 aromatic carbocycles. The van der Waals surface area contributed by atoms with Crippen LogP contribution in [0.3, 0.4) is 0 Å². The second-order valence-corrected chi connectivity index (χ2v) is 11.5. The number of Topliss-reactive ketones (excluding diaryl/α,β-unsaturated/α-hetero) is 1. The number of ketones is 1. The summed E-state index contributed by atoms with van der Waals surface area (Å²) >= 11 is 0. The van der Waals surface area contributed by atoms with Gasteiger partial charge in [0.2, 0.25) is 0 Å². The Morgan fingerprint density at radius 2 is 1.64 bits per heavy atom. The number of aliphatic hydroxyl groups is 1. The van der Waals surface area contributed by atoms with Crippen LogP contribution in [-0.4, -0.2) is 53.0 Å². The first-order chi connectivity index (χ1) is 18.5. The number of benzene rings is 2. The Morgan fingerprint density at radius 3 is 2.18 bits per heavy atom. The van der Waals surface area contributed by atoms with Gasteiger partial charge < -0.3 is 20.3 Å². The number of amides is 1.